The van der Waals surface area contributed by atoms with Crippen molar-refractivity contribution >= 4 is 5.97 Å². The van der Waals surface area contributed by atoms with Crippen LogP contribution in [-0.2, 0) is 4.79 Å². The van der Waals surface area contributed by atoms with Crippen LogP contribution in [0, 0.1) is 5.82 Å². The molecule has 1 aromatic carbocycles. The van der Waals surface area contributed by atoms with E-state index in [4.69, 9.17) is 4.42 Å². The summed E-state index contributed by atoms with van der Waals surface area (Å²) in [4.78, 5) is 19.4. The summed E-state index contributed by atoms with van der Waals surface area (Å²) in [6.07, 6.45) is 5.54. The fourth-order valence-electron chi connectivity index (χ4n) is 2.27. The van der Waals surface area contributed by atoms with Crippen molar-refractivity contribution in [2.24, 2.45) is 0 Å². The second-order valence-electron chi connectivity index (χ2n) is 4.67. The van der Waals surface area contributed by atoms with Gasteiger partial charge in [-0.2, -0.15) is 0 Å². The molecule has 110 valence electrons. The third-order valence-corrected chi connectivity index (χ3v) is 3.29. The molecule has 0 bridgehead atoms. The van der Waals surface area contributed by atoms with Crippen molar-refractivity contribution in [3.63, 3.8) is 0 Å². The van der Waals surface area contributed by atoms with E-state index < -0.39 is 17.7 Å². The number of hydrogen-bond donors (Lipinski definition) is 1. The van der Waals surface area contributed by atoms with E-state index >= 15 is 0 Å². The summed E-state index contributed by atoms with van der Waals surface area (Å²) in [7, 11) is 0. The van der Waals surface area contributed by atoms with E-state index in [1.807, 2.05) is 0 Å². The standard InChI is InChI=1S/C16H11FN2O3/c17-13-4-3-10(6-12(13)11-2-1-5-18-7-11)15(16(20)21)14-8-22-9-19-14/h1-9,15H,(H,20,21). The van der Waals surface area contributed by atoms with Crippen LogP contribution >= 0.6 is 0 Å². The first kappa shape index (κ1) is 13.9. The Morgan fingerprint density at radius 1 is 1.32 bits per heavy atom. The first-order chi connectivity index (χ1) is 10.7. The van der Waals surface area contributed by atoms with E-state index in [9.17, 15) is 14.3 Å². The fraction of sp³-hybridized carbons (Fsp3) is 0.0625. The molecule has 0 radical (unpaired) electrons. The number of carbonyl (C=O) groups is 1. The summed E-state index contributed by atoms with van der Waals surface area (Å²) in [5.74, 6) is -2.55. The summed E-state index contributed by atoms with van der Waals surface area (Å²) in [6, 6.07) is 7.57. The molecule has 2 aromatic heterocycles. The molecule has 0 aliphatic carbocycles. The average Bonchev–Trinajstić information content (AvgIpc) is 3.03. The molecule has 0 aliphatic heterocycles. The number of aliphatic carboxylic acids is 1. The molecule has 2 heterocycles. The highest BCUT2D eigenvalue weighted by Crippen LogP contribution is 2.29. The van der Waals surface area contributed by atoms with Crippen LogP contribution in [0.1, 0.15) is 17.2 Å². The molecule has 3 rings (SSSR count). The van der Waals surface area contributed by atoms with Crippen LogP contribution in [0.2, 0.25) is 0 Å². The number of benzene rings is 1. The monoisotopic (exact) mass is 298 g/mol. The lowest BCUT2D eigenvalue weighted by molar-refractivity contribution is -0.137. The Labute approximate surface area is 125 Å². The zero-order valence-corrected chi connectivity index (χ0v) is 11.3. The van der Waals surface area contributed by atoms with Gasteiger partial charge in [0.15, 0.2) is 6.39 Å². The van der Waals surface area contributed by atoms with Gasteiger partial charge in [0.05, 0.1) is 5.69 Å². The number of carboxylic acid groups (broad SMARTS) is 1. The van der Waals surface area contributed by atoms with Gasteiger partial charge in [0.1, 0.15) is 18.0 Å². The summed E-state index contributed by atoms with van der Waals surface area (Å²) in [6.45, 7) is 0. The molecule has 0 amide bonds. The van der Waals surface area contributed by atoms with Gasteiger partial charge in [-0.25, -0.2) is 9.37 Å². The topological polar surface area (TPSA) is 76.2 Å². The van der Waals surface area contributed by atoms with Crippen LogP contribution in [0.25, 0.3) is 11.1 Å². The van der Waals surface area contributed by atoms with Gasteiger partial charge in [0, 0.05) is 23.5 Å². The Balaban J connectivity index is 2.10. The molecular weight excluding hydrogens is 287 g/mol. The predicted molar refractivity (Wildman–Crippen MR) is 75.6 cm³/mol. The Hall–Kier alpha value is -3.02. The third-order valence-electron chi connectivity index (χ3n) is 3.29. The van der Waals surface area contributed by atoms with Crippen LogP contribution in [0.5, 0.6) is 0 Å². The molecule has 0 fully saturated rings. The van der Waals surface area contributed by atoms with Gasteiger partial charge in [-0.3, -0.25) is 9.78 Å². The molecule has 1 N–H and O–H groups in total. The first-order valence-electron chi connectivity index (χ1n) is 6.47. The predicted octanol–water partition coefficient (Wildman–Crippen LogP) is 3.09. The van der Waals surface area contributed by atoms with E-state index in [0.717, 1.165) is 6.39 Å². The van der Waals surface area contributed by atoms with E-state index in [0.29, 0.717) is 16.7 Å². The van der Waals surface area contributed by atoms with Gasteiger partial charge in [-0.15, -0.1) is 0 Å². The molecule has 5 nitrogen and oxygen atoms in total. The van der Waals surface area contributed by atoms with E-state index in [1.54, 1.807) is 18.3 Å². The van der Waals surface area contributed by atoms with Gasteiger partial charge in [0.2, 0.25) is 0 Å². The number of hydrogen-bond acceptors (Lipinski definition) is 4. The van der Waals surface area contributed by atoms with Crippen LogP contribution in [0.3, 0.4) is 0 Å². The Morgan fingerprint density at radius 3 is 2.82 bits per heavy atom. The van der Waals surface area contributed by atoms with Gasteiger partial charge in [-0.05, 0) is 23.8 Å². The number of aromatic nitrogens is 2. The molecule has 0 spiro atoms. The van der Waals surface area contributed by atoms with Gasteiger partial charge in [-0.1, -0.05) is 12.1 Å². The summed E-state index contributed by atoms with van der Waals surface area (Å²) < 4.78 is 18.9. The molecule has 1 unspecified atom stereocenters. The van der Waals surface area contributed by atoms with Crippen molar-refractivity contribution in [3.8, 4) is 11.1 Å². The second kappa shape index (κ2) is 5.77. The molecule has 6 heteroatoms. The molecular formula is C16H11FN2O3. The average molecular weight is 298 g/mol. The Morgan fingerprint density at radius 2 is 2.18 bits per heavy atom. The SMILES string of the molecule is O=C(O)C(c1ccc(F)c(-c2cccnc2)c1)c1cocn1. The number of halogens is 1. The zero-order valence-electron chi connectivity index (χ0n) is 11.3. The normalized spacial score (nSPS) is 12.0. The lowest BCUT2D eigenvalue weighted by atomic mass is 9.93. The van der Waals surface area contributed by atoms with Crippen LogP contribution < -0.4 is 0 Å². The smallest absolute Gasteiger partial charge is 0.317 e. The Bertz CT molecular complexity index is 788. The van der Waals surface area contributed by atoms with Crippen molar-refractivity contribution in [2.75, 3.05) is 0 Å². The van der Waals surface area contributed by atoms with E-state index in [1.165, 1.54) is 30.7 Å². The number of nitrogens with zero attached hydrogens (tertiary/aromatic N) is 2. The van der Waals surface area contributed by atoms with Crippen molar-refractivity contribution in [2.45, 2.75) is 5.92 Å². The number of rotatable bonds is 4. The van der Waals surface area contributed by atoms with E-state index in [-0.39, 0.29) is 5.69 Å². The van der Waals surface area contributed by atoms with Crippen LogP contribution in [0.4, 0.5) is 4.39 Å². The molecule has 0 saturated carbocycles. The van der Waals surface area contributed by atoms with Crippen LogP contribution in [0.15, 0.2) is 59.8 Å². The Kier molecular flexibility index (Phi) is 3.65. The van der Waals surface area contributed by atoms with Crippen molar-refractivity contribution in [1.82, 2.24) is 9.97 Å². The fourth-order valence-corrected chi connectivity index (χ4v) is 2.27. The van der Waals surface area contributed by atoms with Crippen LogP contribution in [-0.4, -0.2) is 21.0 Å². The maximum atomic E-state index is 14.1. The first-order valence-corrected chi connectivity index (χ1v) is 6.47. The lowest BCUT2D eigenvalue weighted by Crippen LogP contribution is -2.13. The van der Waals surface area contributed by atoms with Crippen molar-refractivity contribution in [1.29, 1.82) is 0 Å². The maximum absolute atomic E-state index is 14.1. The molecule has 22 heavy (non-hydrogen) atoms. The third kappa shape index (κ3) is 2.58. The zero-order chi connectivity index (χ0) is 15.5. The van der Waals surface area contributed by atoms with Gasteiger partial charge in [0.25, 0.3) is 0 Å². The number of carboxylic acids is 1. The van der Waals surface area contributed by atoms with Crippen molar-refractivity contribution < 1.29 is 18.7 Å². The summed E-state index contributed by atoms with van der Waals surface area (Å²) >= 11 is 0. The van der Waals surface area contributed by atoms with Crippen molar-refractivity contribution in [3.05, 3.63) is 72.5 Å². The highest BCUT2D eigenvalue weighted by Gasteiger charge is 2.25. The van der Waals surface area contributed by atoms with Gasteiger partial charge < -0.3 is 9.52 Å². The lowest BCUT2D eigenvalue weighted by Gasteiger charge is -2.12. The van der Waals surface area contributed by atoms with E-state index in [2.05, 4.69) is 9.97 Å². The highest BCUT2D eigenvalue weighted by molar-refractivity contribution is 5.80. The minimum absolute atomic E-state index is 0.260. The molecule has 3 aromatic rings. The number of pyridine rings is 1. The largest absolute Gasteiger partial charge is 0.480 e. The minimum atomic E-state index is -1.09. The molecule has 0 aliphatic rings. The molecule has 0 saturated heterocycles. The quantitative estimate of drug-likeness (QED) is 0.801. The molecule has 1 atom stereocenters. The summed E-state index contributed by atoms with van der Waals surface area (Å²) in [5.41, 5.74) is 1.55. The highest BCUT2D eigenvalue weighted by atomic mass is 19.1. The number of oxazole rings is 1. The van der Waals surface area contributed by atoms with Gasteiger partial charge >= 0.3 is 5.97 Å². The second-order valence-corrected chi connectivity index (χ2v) is 4.67. The maximum Gasteiger partial charge on any atom is 0.317 e. The minimum Gasteiger partial charge on any atom is -0.480 e. The summed E-state index contributed by atoms with van der Waals surface area (Å²) in [5, 5.41) is 9.44.